The molecule has 0 bridgehead atoms. The van der Waals surface area contributed by atoms with Crippen molar-refractivity contribution < 1.29 is 94.5 Å². The van der Waals surface area contributed by atoms with Crippen molar-refractivity contribution in [2.45, 2.75) is 16.2 Å². The Morgan fingerprint density at radius 1 is 0.741 bits per heavy atom. The maximum absolute atomic E-state index is 11.5. The van der Waals surface area contributed by atoms with E-state index in [1.165, 1.54) is 38.5 Å². The quantitative estimate of drug-likeness (QED) is 0.328. The summed E-state index contributed by atoms with van der Waals surface area (Å²) in [5.41, 5.74) is -0.121. The molecule has 0 fully saturated rings. The first-order valence-corrected chi connectivity index (χ1v) is 9.64. The fraction of sp³-hybridized carbons (Fsp3) is 0.200. The smallest absolute Gasteiger partial charge is 0.744 e. The molecule has 0 saturated heterocycles. The van der Waals surface area contributed by atoms with Crippen LogP contribution in [0.2, 0.25) is 0 Å². The molecule has 0 heterocycles. The summed E-state index contributed by atoms with van der Waals surface area (Å²) in [5, 5.41) is 0. The molecular weight excluding hydrogens is 418 g/mol. The topological polar surface area (TPSA) is 133 Å². The molecule has 0 aliphatic rings. The zero-order chi connectivity index (χ0) is 18.8. The standard InChI is InChI=1S/C15H16O8S2.2Na/c1-22-12-5-3-7-14(24(16,17)18)10(12)9-11-13(23-2)6-4-8-15(11)25(19,20)21;;/h3-8H,9H2,1-2H3,(H,16,17,18)(H,19,20,21);;/q;2*+1/p-2. The maximum Gasteiger partial charge on any atom is 1.00 e. The molecule has 0 aliphatic carbocycles. The van der Waals surface area contributed by atoms with Crippen LogP contribution in [-0.4, -0.2) is 40.2 Å². The van der Waals surface area contributed by atoms with Crippen LogP contribution in [0, 0.1) is 0 Å². The minimum Gasteiger partial charge on any atom is -0.744 e. The Morgan fingerprint density at radius 2 is 1.07 bits per heavy atom. The SMILES string of the molecule is COc1cccc(S(=O)(=O)[O-])c1Cc1c(OC)cccc1S(=O)(=O)[O-].[Na+].[Na+]. The van der Waals surface area contributed by atoms with Gasteiger partial charge in [-0.1, -0.05) is 12.1 Å². The number of rotatable bonds is 6. The Kier molecular flexibility index (Phi) is 10.5. The second-order valence-corrected chi connectivity index (χ2v) is 7.66. The van der Waals surface area contributed by atoms with Crippen LogP contribution >= 0.6 is 0 Å². The van der Waals surface area contributed by atoms with E-state index in [9.17, 15) is 25.9 Å². The molecule has 2 aromatic rings. The minimum absolute atomic E-state index is 0. The molecule has 0 spiro atoms. The van der Waals surface area contributed by atoms with Gasteiger partial charge in [-0.15, -0.1) is 0 Å². The summed E-state index contributed by atoms with van der Waals surface area (Å²) in [6.45, 7) is 0. The Hall–Kier alpha value is -0.140. The molecule has 12 heteroatoms. The third-order valence-corrected chi connectivity index (χ3v) is 5.35. The van der Waals surface area contributed by atoms with E-state index in [0.717, 1.165) is 12.1 Å². The van der Waals surface area contributed by atoms with Gasteiger partial charge in [0.15, 0.2) is 0 Å². The first kappa shape index (κ1) is 26.9. The molecule has 0 aromatic heterocycles. The van der Waals surface area contributed by atoms with Crippen molar-refractivity contribution in [1.29, 1.82) is 0 Å². The average molecular weight is 432 g/mol. The van der Waals surface area contributed by atoms with E-state index in [-0.39, 0.29) is 88.2 Å². The first-order valence-electron chi connectivity index (χ1n) is 6.83. The predicted octanol–water partition coefficient (Wildman–Crippen LogP) is -4.89. The first-order chi connectivity index (χ1) is 11.6. The van der Waals surface area contributed by atoms with E-state index in [1.54, 1.807) is 0 Å². The summed E-state index contributed by atoms with van der Waals surface area (Å²) >= 11 is 0. The Bertz CT molecular complexity index is 923. The van der Waals surface area contributed by atoms with Crippen molar-refractivity contribution in [3.63, 3.8) is 0 Å². The van der Waals surface area contributed by atoms with Crippen LogP contribution in [0.15, 0.2) is 46.2 Å². The zero-order valence-electron chi connectivity index (χ0n) is 15.3. The van der Waals surface area contributed by atoms with Crippen LogP contribution in [0.3, 0.4) is 0 Å². The Balaban J connectivity index is 0.00000338. The number of benzene rings is 2. The van der Waals surface area contributed by atoms with Gasteiger partial charge in [0.2, 0.25) is 0 Å². The molecule has 2 aromatic carbocycles. The van der Waals surface area contributed by atoms with Crippen LogP contribution in [0.5, 0.6) is 11.5 Å². The molecule has 0 radical (unpaired) electrons. The molecule has 136 valence electrons. The van der Waals surface area contributed by atoms with E-state index in [2.05, 4.69) is 0 Å². The minimum atomic E-state index is -4.85. The molecule has 0 unspecified atom stereocenters. The number of hydrogen-bond donors (Lipinski definition) is 0. The van der Waals surface area contributed by atoms with Gasteiger partial charge in [0.05, 0.1) is 24.0 Å². The van der Waals surface area contributed by atoms with Crippen LogP contribution in [-0.2, 0) is 26.7 Å². The van der Waals surface area contributed by atoms with Crippen molar-refractivity contribution in [1.82, 2.24) is 0 Å². The number of hydrogen-bond acceptors (Lipinski definition) is 8. The average Bonchev–Trinajstić information content (AvgIpc) is 2.53. The monoisotopic (exact) mass is 432 g/mol. The van der Waals surface area contributed by atoms with Gasteiger partial charge in [-0.3, -0.25) is 0 Å². The summed E-state index contributed by atoms with van der Waals surface area (Å²) in [7, 11) is -7.16. The molecule has 0 atom stereocenters. The van der Waals surface area contributed by atoms with E-state index in [4.69, 9.17) is 9.47 Å². The summed E-state index contributed by atoms with van der Waals surface area (Å²) in [6, 6.07) is 7.65. The van der Waals surface area contributed by atoms with E-state index in [0.29, 0.717) is 0 Å². The van der Waals surface area contributed by atoms with Gasteiger partial charge in [-0.05, 0) is 24.3 Å². The summed E-state index contributed by atoms with van der Waals surface area (Å²) in [4.78, 5) is -1.13. The van der Waals surface area contributed by atoms with Crippen LogP contribution < -0.4 is 68.6 Å². The van der Waals surface area contributed by atoms with E-state index < -0.39 is 30.0 Å². The molecule has 8 nitrogen and oxygen atoms in total. The van der Waals surface area contributed by atoms with Gasteiger partial charge in [-0.2, -0.15) is 0 Å². The molecule has 0 saturated carbocycles. The molecule has 0 amide bonds. The van der Waals surface area contributed by atoms with E-state index in [1.807, 2.05) is 0 Å². The summed E-state index contributed by atoms with van der Waals surface area (Å²) < 4.78 is 79.3. The molecule has 27 heavy (non-hydrogen) atoms. The van der Waals surface area contributed by atoms with E-state index >= 15 is 0 Å². The van der Waals surface area contributed by atoms with Crippen molar-refractivity contribution >= 4 is 20.2 Å². The summed E-state index contributed by atoms with van der Waals surface area (Å²) in [5.74, 6) is 0.133. The number of ether oxygens (including phenoxy) is 2. The van der Waals surface area contributed by atoms with Crippen LogP contribution in [0.25, 0.3) is 0 Å². The predicted molar refractivity (Wildman–Crippen MR) is 84.7 cm³/mol. The Labute approximate surface area is 202 Å². The van der Waals surface area contributed by atoms with Gasteiger partial charge in [0.1, 0.15) is 31.7 Å². The second-order valence-electron chi connectivity index (χ2n) is 4.96. The van der Waals surface area contributed by atoms with Crippen molar-refractivity contribution in [2.24, 2.45) is 0 Å². The van der Waals surface area contributed by atoms with Crippen LogP contribution in [0.4, 0.5) is 0 Å². The van der Waals surface area contributed by atoms with Crippen molar-refractivity contribution in [3.8, 4) is 11.5 Å². The van der Waals surface area contributed by atoms with Crippen molar-refractivity contribution in [2.75, 3.05) is 14.2 Å². The molecular formula is C15H14Na2O8S2. The van der Waals surface area contributed by atoms with Gasteiger partial charge >= 0.3 is 59.1 Å². The fourth-order valence-electron chi connectivity index (χ4n) is 2.47. The third kappa shape index (κ3) is 6.43. The van der Waals surface area contributed by atoms with Crippen molar-refractivity contribution in [3.05, 3.63) is 47.5 Å². The van der Waals surface area contributed by atoms with Gasteiger partial charge < -0.3 is 18.6 Å². The maximum atomic E-state index is 11.5. The Morgan fingerprint density at radius 3 is 1.33 bits per heavy atom. The fourth-order valence-corrected chi connectivity index (χ4v) is 3.91. The zero-order valence-corrected chi connectivity index (χ0v) is 20.9. The van der Waals surface area contributed by atoms with Gasteiger partial charge in [-0.25, -0.2) is 16.8 Å². The van der Waals surface area contributed by atoms with Gasteiger partial charge in [0, 0.05) is 17.5 Å². The second kappa shape index (κ2) is 10.6. The summed E-state index contributed by atoms with van der Waals surface area (Å²) in [6.07, 6.45) is -0.359. The third-order valence-electron chi connectivity index (χ3n) is 3.51. The van der Waals surface area contributed by atoms with Crippen LogP contribution in [0.1, 0.15) is 11.1 Å². The number of methoxy groups -OCH3 is 2. The largest absolute Gasteiger partial charge is 1.00 e. The molecule has 0 N–H and O–H groups in total. The molecule has 2 rings (SSSR count). The van der Waals surface area contributed by atoms with Gasteiger partial charge in [0.25, 0.3) is 0 Å². The molecule has 0 aliphatic heterocycles. The normalized spacial score (nSPS) is 11.1.